The highest BCUT2D eigenvalue weighted by molar-refractivity contribution is 6.39. The van der Waals surface area contributed by atoms with E-state index in [-0.39, 0.29) is 23.7 Å². The van der Waals surface area contributed by atoms with Gasteiger partial charge in [-0.15, -0.1) is 0 Å². The number of halogens is 3. The molecule has 2 heterocycles. The Balaban J connectivity index is 1.85. The Hall–Kier alpha value is -3.07. The lowest BCUT2D eigenvalue weighted by molar-refractivity contribution is -0.146. The summed E-state index contributed by atoms with van der Waals surface area (Å²) >= 11 is 5.76. The van der Waals surface area contributed by atoms with Crippen LogP contribution in [-0.2, 0) is 9.59 Å². The minimum atomic E-state index is -1.16. The zero-order valence-electron chi connectivity index (χ0n) is 16.0. The van der Waals surface area contributed by atoms with Crippen LogP contribution in [0.2, 0.25) is 5.02 Å². The average molecular weight is 437 g/mol. The molecule has 1 saturated heterocycles. The number of pyridine rings is 1. The summed E-state index contributed by atoms with van der Waals surface area (Å²) < 4.78 is 27.4. The normalized spacial score (nSPS) is 18.7. The molecule has 0 aliphatic carbocycles. The molecule has 1 aromatic carbocycles. The van der Waals surface area contributed by atoms with Crippen molar-refractivity contribution >= 4 is 35.0 Å². The number of piperidine rings is 1. The van der Waals surface area contributed by atoms with Gasteiger partial charge < -0.3 is 16.0 Å². The first-order chi connectivity index (χ1) is 14.2. The molecule has 7 nitrogen and oxygen atoms in total. The van der Waals surface area contributed by atoms with E-state index in [2.05, 4.69) is 10.3 Å². The molecule has 3 amide bonds. The minimum Gasteiger partial charge on any atom is -0.366 e. The highest BCUT2D eigenvalue weighted by Crippen LogP contribution is 2.35. The van der Waals surface area contributed by atoms with Gasteiger partial charge in [0.2, 0.25) is 5.91 Å². The molecular weight excluding hydrogens is 418 g/mol. The van der Waals surface area contributed by atoms with Crippen LogP contribution in [0.3, 0.4) is 0 Å². The van der Waals surface area contributed by atoms with E-state index in [0.29, 0.717) is 12.0 Å². The van der Waals surface area contributed by atoms with Crippen molar-refractivity contribution in [3.63, 3.8) is 0 Å². The van der Waals surface area contributed by atoms with E-state index in [4.69, 9.17) is 17.3 Å². The third-order valence-corrected chi connectivity index (χ3v) is 5.22. The third kappa shape index (κ3) is 4.56. The Bertz CT molecular complexity index is 994. The first kappa shape index (κ1) is 21.6. The second-order valence-corrected chi connectivity index (χ2v) is 7.64. The Labute approximate surface area is 176 Å². The SMILES string of the molecule is C[C@@H]1CC[C@@H](c2cc(F)c(F)c(Cl)c2)N(C(=O)C(=O)Nc2cncc(C(N)=O)c2)C1. The molecule has 1 aliphatic heterocycles. The lowest BCUT2D eigenvalue weighted by Gasteiger charge is -2.38. The predicted molar refractivity (Wildman–Crippen MR) is 106 cm³/mol. The van der Waals surface area contributed by atoms with Crippen LogP contribution >= 0.6 is 11.6 Å². The molecule has 2 atom stereocenters. The topological polar surface area (TPSA) is 105 Å². The summed E-state index contributed by atoms with van der Waals surface area (Å²) in [5.41, 5.74) is 5.70. The van der Waals surface area contributed by atoms with Crippen LogP contribution in [0.25, 0.3) is 0 Å². The Morgan fingerprint density at radius 2 is 1.93 bits per heavy atom. The summed E-state index contributed by atoms with van der Waals surface area (Å²) in [5, 5.41) is 2.00. The summed E-state index contributed by atoms with van der Waals surface area (Å²) in [6.45, 7) is 2.18. The first-order valence-electron chi connectivity index (χ1n) is 9.18. The fourth-order valence-electron chi connectivity index (χ4n) is 3.45. The first-order valence-corrected chi connectivity index (χ1v) is 9.56. The number of anilines is 1. The van der Waals surface area contributed by atoms with Crippen molar-refractivity contribution in [1.29, 1.82) is 0 Å². The van der Waals surface area contributed by atoms with Crippen molar-refractivity contribution in [3.8, 4) is 0 Å². The van der Waals surface area contributed by atoms with Crippen molar-refractivity contribution in [2.45, 2.75) is 25.8 Å². The molecule has 3 N–H and O–H groups in total. The van der Waals surface area contributed by atoms with Gasteiger partial charge in [0, 0.05) is 12.7 Å². The van der Waals surface area contributed by atoms with Crippen LogP contribution < -0.4 is 11.1 Å². The van der Waals surface area contributed by atoms with Crippen molar-refractivity contribution in [2.75, 3.05) is 11.9 Å². The number of nitrogens with zero attached hydrogens (tertiary/aromatic N) is 2. The van der Waals surface area contributed by atoms with Crippen LogP contribution in [0, 0.1) is 17.6 Å². The van der Waals surface area contributed by atoms with Gasteiger partial charge in [-0.1, -0.05) is 18.5 Å². The number of carbonyl (C=O) groups is 3. The van der Waals surface area contributed by atoms with Crippen molar-refractivity contribution < 1.29 is 23.2 Å². The van der Waals surface area contributed by atoms with Crippen molar-refractivity contribution in [2.24, 2.45) is 11.7 Å². The number of benzene rings is 1. The molecule has 0 unspecified atom stereocenters. The number of carbonyl (C=O) groups excluding carboxylic acids is 3. The van der Waals surface area contributed by atoms with Crippen LogP contribution in [0.5, 0.6) is 0 Å². The number of primary amides is 1. The van der Waals surface area contributed by atoms with Gasteiger partial charge in [0.1, 0.15) is 0 Å². The predicted octanol–water partition coefficient (Wildman–Crippen LogP) is 3.05. The van der Waals surface area contributed by atoms with Crippen molar-refractivity contribution in [1.82, 2.24) is 9.88 Å². The second kappa shape index (κ2) is 8.74. The molecular formula is C20H19ClF2N4O3. The van der Waals surface area contributed by atoms with Gasteiger partial charge in [0.05, 0.1) is 28.5 Å². The van der Waals surface area contributed by atoms with Gasteiger partial charge in [-0.25, -0.2) is 8.78 Å². The number of nitrogens with two attached hydrogens (primary N) is 1. The van der Waals surface area contributed by atoms with Crippen LogP contribution in [0.15, 0.2) is 30.6 Å². The van der Waals surface area contributed by atoms with E-state index >= 15 is 0 Å². The van der Waals surface area contributed by atoms with Gasteiger partial charge in [-0.05, 0) is 42.5 Å². The number of nitrogens with one attached hydrogen (secondary N) is 1. The van der Waals surface area contributed by atoms with E-state index in [1.807, 2.05) is 6.92 Å². The molecule has 0 saturated carbocycles. The molecule has 30 heavy (non-hydrogen) atoms. The summed E-state index contributed by atoms with van der Waals surface area (Å²) in [6.07, 6.45) is 3.69. The molecule has 0 spiro atoms. The van der Waals surface area contributed by atoms with Gasteiger partial charge in [0.25, 0.3) is 0 Å². The Morgan fingerprint density at radius 1 is 1.20 bits per heavy atom. The average Bonchev–Trinajstić information content (AvgIpc) is 2.71. The quantitative estimate of drug-likeness (QED) is 0.569. The van der Waals surface area contributed by atoms with E-state index in [1.54, 1.807) is 0 Å². The highest BCUT2D eigenvalue weighted by Gasteiger charge is 2.35. The zero-order chi connectivity index (χ0) is 22.0. The molecule has 0 bridgehead atoms. The lowest BCUT2D eigenvalue weighted by atomic mass is 9.89. The summed E-state index contributed by atoms with van der Waals surface area (Å²) in [5.74, 6) is -4.71. The van der Waals surface area contributed by atoms with Crippen LogP contribution in [0.1, 0.15) is 41.7 Å². The fourth-order valence-corrected chi connectivity index (χ4v) is 3.67. The number of hydrogen-bond donors (Lipinski definition) is 2. The van der Waals surface area contributed by atoms with Crippen molar-refractivity contribution in [3.05, 3.63) is 58.4 Å². The fraction of sp³-hybridized carbons (Fsp3) is 0.300. The number of amides is 3. The maximum Gasteiger partial charge on any atom is 0.313 e. The number of hydrogen-bond acceptors (Lipinski definition) is 4. The number of rotatable bonds is 3. The molecule has 158 valence electrons. The molecule has 0 radical (unpaired) electrons. The number of aromatic nitrogens is 1. The Kier molecular flexibility index (Phi) is 6.31. The highest BCUT2D eigenvalue weighted by atomic mass is 35.5. The van der Waals surface area contributed by atoms with E-state index in [9.17, 15) is 23.2 Å². The summed E-state index contributed by atoms with van der Waals surface area (Å²) in [7, 11) is 0. The third-order valence-electron chi connectivity index (χ3n) is 4.94. The summed E-state index contributed by atoms with van der Waals surface area (Å²) in [6, 6.07) is 2.91. The second-order valence-electron chi connectivity index (χ2n) is 7.24. The minimum absolute atomic E-state index is 0.0705. The van der Waals surface area contributed by atoms with Gasteiger partial charge >= 0.3 is 11.8 Å². The van der Waals surface area contributed by atoms with E-state index in [1.165, 1.54) is 29.4 Å². The van der Waals surface area contributed by atoms with Gasteiger partial charge in [0.15, 0.2) is 11.6 Å². The van der Waals surface area contributed by atoms with Crippen LogP contribution in [-0.4, -0.2) is 34.2 Å². The number of likely N-dealkylation sites (tertiary alicyclic amines) is 1. The monoisotopic (exact) mass is 436 g/mol. The lowest BCUT2D eigenvalue weighted by Crippen LogP contribution is -2.46. The van der Waals surface area contributed by atoms with Crippen LogP contribution in [0.4, 0.5) is 14.5 Å². The molecule has 1 fully saturated rings. The molecule has 1 aromatic heterocycles. The van der Waals surface area contributed by atoms with Gasteiger partial charge in [-0.2, -0.15) is 0 Å². The van der Waals surface area contributed by atoms with E-state index < -0.39 is 40.4 Å². The maximum absolute atomic E-state index is 13.9. The molecule has 1 aliphatic rings. The molecule has 10 heteroatoms. The molecule has 2 aromatic rings. The smallest absolute Gasteiger partial charge is 0.313 e. The largest absolute Gasteiger partial charge is 0.366 e. The standard InChI is InChI=1S/C20H19ClF2N4O3/c1-10-2-3-16(11-5-14(21)17(23)15(22)6-11)27(9-10)20(30)19(29)26-13-4-12(18(24)28)7-25-8-13/h4-8,10,16H,2-3,9H2,1H3,(H2,24,28)(H,26,29)/t10-,16+/m1/s1. The van der Waals surface area contributed by atoms with E-state index in [0.717, 1.165) is 12.5 Å². The summed E-state index contributed by atoms with van der Waals surface area (Å²) in [4.78, 5) is 41.8. The zero-order valence-corrected chi connectivity index (χ0v) is 16.7. The Morgan fingerprint density at radius 3 is 2.60 bits per heavy atom. The van der Waals surface area contributed by atoms with Gasteiger partial charge in [-0.3, -0.25) is 19.4 Å². The molecule has 3 rings (SSSR count). The maximum atomic E-state index is 13.9.